The van der Waals surface area contributed by atoms with Crippen LogP contribution < -0.4 is 19.4 Å². The molecule has 0 saturated heterocycles. The summed E-state index contributed by atoms with van der Waals surface area (Å²) in [5.41, 5.74) is 13.9. The molecule has 0 amide bonds. The molecule has 0 spiro atoms. The first-order chi connectivity index (χ1) is 23.7. The molecule has 4 heteroatoms. The summed E-state index contributed by atoms with van der Waals surface area (Å²) < 4.78 is 6.82. The standard InChI is InChI=1S/C44H37N3O/c1-3-4-27-45-30(2)35-19-8-10-21-38(35)46(41-24-13-12-23-40(41)45)33-17-14-18-34(29-33)47-39-22-11-9-20-36(39)44-43(47)37-26-25-32(28-42(37)48-44)31-15-6-5-7-16-31/h5-26,28-29,43-44H,2-4,27H2,1H3. The van der Waals surface area contributed by atoms with Gasteiger partial charge in [-0.25, -0.2) is 0 Å². The molecule has 0 bridgehead atoms. The number of hydrogen-bond donors (Lipinski definition) is 0. The lowest BCUT2D eigenvalue weighted by Gasteiger charge is -2.31. The van der Waals surface area contributed by atoms with Crippen LogP contribution in [0.15, 0.2) is 152 Å². The van der Waals surface area contributed by atoms with Crippen molar-refractivity contribution in [2.24, 2.45) is 0 Å². The third-order valence-corrected chi connectivity index (χ3v) is 10.1. The smallest absolute Gasteiger partial charge is 0.151 e. The molecule has 6 aromatic rings. The highest BCUT2D eigenvalue weighted by Crippen LogP contribution is 2.59. The molecule has 0 aliphatic carbocycles. The minimum Gasteiger partial charge on any atom is -0.483 e. The molecule has 2 atom stereocenters. The van der Waals surface area contributed by atoms with Crippen LogP contribution in [0.4, 0.5) is 34.1 Å². The highest BCUT2D eigenvalue weighted by atomic mass is 16.5. The van der Waals surface area contributed by atoms with Crippen LogP contribution >= 0.6 is 0 Å². The average molecular weight is 624 g/mol. The number of ether oxygens (including phenoxy) is 1. The fraction of sp³-hybridized carbons (Fsp3) is 0.136. The van der Waals surface area contributed by atoms with Gasteiger partial charge in [-0.15, -0.1) is 0 Å². The Morgan fingerprint density at radius 3 is 2.15 bits per heavy atom. The molecule has 3 aliphatic rings. The molecule has 0 fully saturated rings. The van der Waals surface area contributed by atoms with Gasteiger partial charge in [-0.2, -0.15) is 0 Å². The molecule has 4 nitrogen and oxygen atoms in total. The first-order valence-corrected chi connectivity index (χ1v) is 17.0. The van der Waals surface area contributed by atoms with Gasteiger partial charge < -0.3 is 19.4 Å². The maximum Gasteiger partial charge on any atom is 0.151 e. The number of anilines is 6. The molecule has 0 aromatic heterocycles. The minimum absolute atomic E-state index is 0.0329. The van der Waals surface area contributed by atoms with E-state index in [1.54, 1.807) is 0 Å². The van der Waals surface area contributed by atoms with Crippen molar-refractivity contribution in [2.45, 2.75) is 31.9 Å². The van der Waals surface area contributed by atoms with E-state index in [0.29, 0.717) is 0 Å². The third-order valence-electron chi connectivity index (χ3n) is 10.1. The fourth-order valence-corrected chi connectivity index (χ4v) is 7.81. The molecule has 9 rings (SSSR count). The van der Waals surface area contributed by atoms with Crippen LogP contribution in [0, 0.1) is 0 Å². The quantitative estimate of drug-likeness (QED) is 0.184. The second-order valence-electron chi connectivity index (χ2n) is 12.8. The molecule has 3 heterocycles. The van der Waals surface area contributed by atoms with Gasteiger partial charge in [0.05, 0.1) is 17.1 Å². The molecular formula is C44H37N3O. The van der Waals surface area contributed by atoms with Crippen molar-refractivity contribution in [3.05, 3.63) is 169 Å². The lowest BCUT2D eigenvalue weighted by Crippen LogP contribution is -2.22. The summed E-state index contributed by atoms with van der Waals surface area (Å²) in [7, 11) is 0. The van der Waals surface area contributed by atoms with E-state index < -0.39 is 0 Å². The Morgan fingerprint density at radius 1 is 0.604 bits per heavy atom. The summed E-state index contributed by atoms with van der Waals surface area (Å²) in [6.45, 7) is 7.81. The number of unbranched alkanes of at least 4 members (excludes halogenated alkanes) is 1. The number of para-hydroxylation sites is 4. The van der Waals surface area contributed by atoms with Crippen molar-refractivity contribution in [3.8, 4) is 16.9 Å². The maximum atomic E-state index is 6.82. The van der Waals surface area contributed by atoms with Gasteiger partial charge in [0.1, 0.15) is 11.8 Å². The molecule has 0 N–H and O–H groups in total. The van der Waals surface area contributed by atoms with E-state index in [1.165, 1.54) is 33.6 Å². The molecule has 48 heavy (non-hydrogen) atoms. The van der Waals surface area contributed by atoms with Crippen LogP contribution in [0.25, 0.3) is 16.8 Å². The van der Waals surface area contributed by atoms with Crippen LogP contribution in [0.1, 0.15) is 48.6 Å². The van der Waals surface area contributed by atoms with Gasteiger partial charge in [0.15, 0.2) is 6.10 Å². The summed E-state index contributed by atoms with van der Waals surface area (Å²) in [6.07, 6.45) is 2.14. The Bertz CT molecular complexity index is 2170. The zero-order valence-electron chi connectivity index (χ0n) is 27.1. The molecular weight excluding hydrogens is 587 g/mol. The van der Waals surface area contributed by atoms with E-state index in [4.69, 9.17) is 4.74 Å². The molecule has 0 radical (unpaired) electrons. The molecule has 0 saturated carbocycles. The first kappa shape index (κ1) is 28.5. The van der Waals surface area contributed by atoms with Gasteiger partial charge in [-0.1, -0.05) is 117 Å². The zero-order valence-corrected chi connectivity index (χ0v) is 27.1. The molecule has 234 valence electrons. The third kappa shape index (κ3) is 4.44. The van der Waals surface area contributed by atoms with E-state index >= 15 is 0 Å². The van der Waals surface area contributed by atoms with Crippen LogP contribution in [-0.2, 0) is 0 Å². The summed E-state index contributed by atoms with van der Waals surface area (Å²) in [4.78, 5) is 7.30. The lowest BCUT2D eigenvalue weighted by molar-refractivity contribution is 0.223. The van der Waals surface area contributed by atoms with Crippen molar-refractivity contribution in [3.63, 3.8) is 0 Å². The van der Waals surface area contributed by atoms with Crippen LogP contribution in [0.3, 0.4) is 0 Å². The normalized spacial score (nSPS) is 17.2. The van der Waals surface area contributed by atoms with Crippen LogP contribution in [0.2, 0.25) is 0 Å². The summed E-state index contributed by atoms with van der Waals surface area (Å²) >= 11 is 0. The van der Waals surface area contributed by atoms with E-state index in [-0.39, 0.29) is 12.1 Å². The highest BCUT2D eigenvalue weighted by Gasteiger charge is 2.47. The van der Waals surface area contributed by atoms with E-state index in [1.807, 2.05) is 0 Å². The van der Waals surface area contributed by atoms with Crippen molar-refractivity contribution < 1.29 is 4.74 Å². The van der Waals surface area contributed by atoms with E-state index in [9.17, 15) is 0 Å². The number of hydrogen-bond acceptors (Lipinski definition) is 4. The topological polar surface area (TPSA) is 19.0 Å². The monoisotopic (exact) mass is 623 g/mol. The number of nitrogens with zero attached hydrogens (tertiary/aromatic N) is 3. The Hall–Kier alpha value is -5.74. The van der Waals surface area contributed by atoms with Crippen molar-refractivity contribution >= 4 is 39.8 Å². The number of fused-ring (bicyclic) bond motifs is 7. The van der Waals surface area contributed by atoms with Crippen molar-refractivity contribution in [1.29, 1.82) is 0 Å². The minimum atomic E-state index is -0.0824. The van der Waals surface area contributed by atoms with Crippen molar-refractivity contribution in [1.82, 2.24) is 0 Å². The Kier molecular flexibility index (Phi) is 6.82. The van der Waals surface area contributed by atoms with E-state index in [0.717, 1.165) is 59.1 Å². The first-order valence-electron chi connectivity index (χ1n) is 17.0. The zero-order chi connectivity index (χ0) is 32.2. The largest absolute Gasteiger partial charge is 0.483 e. The molecule has 2 unspecified atom stereocenters. The lowest BCUT2D eigenvalue weighted by atomic mass is 9.98. The van der Waals surface area contributed by atoms with Gasteiger partial charge in [0, 0.05) is 46.0 Å². The predicted octanol–water partition coefficient (Wildman–Crippen LogP) is 11.7. The number of benzene rings is 6. The second kappa shape index (κ2) is 11.5. The van der Waals surface area contributed by atoms with Gasteiger partial charge in [0.25, 0.3) is 0 Å². The van der Waals surface area contributed by atoms with E-state index in [2.05, 4.69) is 174 Å². The summed E-state index contributed by atoms with van der Waals surface area (Å²) in [6, 6.07) is 52.4. The Labute approximate surface area is 282 Å². The summed E-state index contributed by atoms with van der Waals surface area (Å²) in [5.74, 6) is 0.961. The summed E-state index contributed by atoms with van der Waals surface area (Å²) in [5, 5.41) is 0. The van der Waals surface area contributed by atoms with Gasteiger partial charge in [-0.05, 0) is 66.1 Å². The Morgan fingerprint density at radius 2 is 1.31 bits per heavy atom. The van der Waals surface area contributed by atoms with Gasteiger partial charge in [-0.3, -0.25) is 0 Å². The SMILES string of the molecule is C=C1c2ccccc2N(c2cccc(N3c4ccccc4C4Oc5cc(-c6ccccc6)ccc5C43)c2)c2ccccc2N1CCCC. The van der Waals surface area contributed by atoms with Gasteiger partial charge in [0.2, 0.25) is 0 Å². The average Bonchev–Trinajstić information content (AvgIpc) is 3.64. The fourth-order valence-electron chi connectivity index (χ4n) is 7.81. The maximum absolute atomic E-state index is 6.82. The van der Waals surface area contributed by atoms with Gasteiger partial charge >= 0.3 is 0 Å². The second-order valence-corrected chi connectivity index (χ2v) is 12.8. The predicted molar refractivity (Wildman–Crippen MR) is 199 cm³/mol. The molecule has 6 aromatic carbocycles. The van der Waals surface area contributed by atoms with Crippen LogP contribution in [-0.4, -0.2) is 6.54 Å². The highest BCUT2D eigenvalue weighted by molar-refractivity contribution is 5.99. The van der Waals surface area contributed by atoms with Crippen molar-refractivity contribution in [2.75, 3.05) is 21.2 Å². The molecule has 3 aliphatic heterocycles. The van der Waals surface area contributed by atoms with Crippen LogP contribution in [0.5, 0.6) is 5.75 Å². The Balaban J connectivity index is 1.18. The number of rotatable bonds is 6.